The zero-order chi connectivity index (χ0) is 20.0. The topological polar surface area (TPSA) is 93.1 Å². The molecule has 0 radical (unpaired) electrons. The van der Waals surface area contributed by atoms with Crippen LogP contribution in [0.1, 0.15) is 41.7 Å². The molecule has 4 heterocycles. The lowest BCUT2D eigenvalue weighted by atomic mass is 10.1. The summed E-state index contributed by atoms with van der Waals surface area (Å²) in [4.78, 5) is 9.42. The Morgan fingerprint density at radius 1 is 1.31 bits per heavy atom. The van der Waals surface area contributed by atoms with Crippen LogP contribution in [0.3, 0.4) is 0 Å². The second-order valence-electron chi connectivity index (χ2n) is 7.34. The van der Waals surface area contributed by atoms with Crippen molar-refractivity contribution in [1.29, 1.82) is 5.26 Å². The minimum Gasteiger partial charge on any atom is -0.377 e. The van der Waals surface area contributed by atoms with Crippen LogP contribution in [0.25, 0.3) is 16.7 Å². The molecule has 4 aromatic rings. The number of fused-ring (bicyclic) bond motifs is 4. The van der Waals surface area contributed by atoms with Gasteiger partial charge in [0.1, 0.15) is 24.3 Å². The minimum absolute atomic E-state index is 0.0264. The van der Waals surface area contributed by atoms with E-state index in [0.29, 0.717) is 23.6 Å². The molecule has 0 spiro atoms. The summed E-state index contributed by atoms with van der Waals surface area (Å²) in [6, 6.07) is 12.3. The Morgan fingerprint density at radius 3 is 3.00 bits per heavy atom. The van der Waals surface area contributed by atoms with E-state index < -0.39 is 0 Å². The Kier molecular flexibility index (Phi) is 4.18. The number of rotatable bonds is 4. The van der Waals surface area contributed by atoms with Crippen LogP contribution < -0.4 is 5.32 Å². The molecule has 0 saturated heterocycles. The second kappa shape index (κ2) is 6.87. The van der Waals surface area contributed by atoms with Gasteiger partial charge in [-0.25, -0.2) is 14.6 Å². The third-order valence-electron chi connectivity index (χ3n) is 5.40. The Labute approximate surface area is 167 Å². The number of hydrogen-bond acceptors (Lipinski definition) is 6. The van der Waals surface area contributed by atoms with Crippen molar-refractivity contribution in [2.75, 3.05) is 12.4 Å². The third-order valence-corrected chi connectivity index (χ3v) is 5.40. The molecule has 5 rings (SSSR count). The van der Waals surface area contributed by atoms with Gasteiger partial charge in [0.15, 0.2) is 11.5 Å². The first kappa shape index (κ1) is 17.6. The predicted octanol–water partition coefficient (Wildman–Crippen LogP) is 3.35. The molecule has 1 unspecified atom stereocenters. The van der Waals surface area contributed by atoms with Gasteiger partial charge in [-0.1, -0.05) is 12.1 Å². The summed E-state index contributed by atoms with van der Waals surface area (Å²) in [6.07, 6.45) is 1.97. The number of aromatic nitrogens is 5. The fourth-order valence-electron chi connectivity index (χ4n) is 4.11. The maximum Gasteiger partial charge on any atom is 0.176 e. The normalized spacial score (nSPS) is 16.1. The molecule has 1 aliphatic rings. The number of nitrogens with zero attached hydrogens (tertiary/aromatic N) is 6. The number of nitriles is 1. The number of ether oxygens (including phenoxy) is 1. The van der Waals surface area contributed by atoms with Gasteiger partial charge in [0.2, 0.25) is 0 Å². The molecule has 0 saturated carbocycles. The molecule has 1 aromatic carbocycles. The first-order valence-electron chi connectivity index (χ1n) is 9.69. The third kappa shape index (κ3) is 2.82. The Hall–Kier alpha value is -3.44. The van der Waals surface area contributed by atoms with Crippen molar-refractivity contribution in [1.82, 2.24) is 24.1 Å². The van der Waals surface area contributed by atoms with E-state index in [1.807, 2.05) is 46.3 Å². The van der Waals surface area contributed by atoms with E-state index >= 15 is 0 Å². The molecule has 8 heteroatoms. The number of aryl methyl sites for hydroxylation is 2. The van der Waals surface area contributed by atoms with Gasteiger partial charge in [-0.2, -0.15) is 10.4 Å². The van der Waals surface area contributed by atoms with Gasteiger partial charge in [0, 0.05) is 13.7 Å². The lowest BCUT2D eigenvalue weighted by molar-refractivity contribution is 0.177. The van der Waals surface area contributed by atoms with Crippen molar-refractivity contribution in [3.63, 3.8) is 0 Å². The van der Waals surface area contributed by atoms with Crippen molar-refractivity contribution in [2.24, 2.45) is 0 Å². The van der Waals surface area contributed by atoms with Crippen LogP contribution in [0.4, 0.5) is 5.82 Å². The van der Waals surface area contributed by atoms with E-state index in [1.54, 1.807) is 7.11 Å². The van der Waals surface area contributed by atoms with Crippen LogP contribution in [0.2, 0.25) is 0 Å². The number of imidazole rings is 1. The van der Waals surface area contributed by atoms with Gasteiger partial charge in [-0.3, -0.25) is 4.40 Å². The summed E-state index contributed by atoms with van der Waals surface area (Å²) in [5.41, 5.74) is 4.01. The number of pyridine rings is 1. The fourth-order valence-corrected chi connectivity index (χ4v) is 4.11. The van der Waals surface area contributed by atoms with Gasteiger partial charge in [-0.05, 0) is 43.5 Å². The highest BCUT2D eigenvalue weighted by atomic mass is 16.5. The molecular weight excluding hydrogens is 366 g/mol. The molecule has 1 aliphatic heterocycles. The molecule has 3 aromatic heterocycles. The van der Waals surface area contributed by atoms with Crippen molar-refractivity contribution >= 4 is 22.5 Å². The summed E-state index contributed by atoms with van der Waals surface area (Å²) < 4.78 is 9.20. The Balaban J connectivity index is 1.65. The molecule has 0 bridgehead atoms. The number of hydrogen-bond donors (Lipinski definition) is 1. The number of nitrogens with one attached hydrogen (secondary N) is 1. The minimum atomic E-state index is 0.0264. The zero-order valence-electron chi connectivity index (χ0n) is 16.4. The van der Waals surface area contributed by atoms with Crippen LogP contribution in [0, 0.1) is 18.3 Å². The highest BCUT2D eigenvalue weighted by Gasteiger charge is 2.26. The van der Waals surface area contributed by atoms with Crippen LogP contribution >= 0.6 is 0 Å². The van der Waals surface area contributed by atoms with Gasteiger partial charge in [-0.15, -0.1) is 0 Å². The summed E-state index contributed by atoms with van der Waals surface area (Å²) >= 11 is 0. The van der Waals surface area contributed by atoms with Gasteiger partial charge in [0.05, 0.1) is 22.6 Å². The first-order valence-corrected chi connectivity index (χ1v) is 9.69. The summed E-state index contributed by atoms with van der Waals surface area (Å²) in [5.74, 6) is 2.52. The maximum absolute atomic E-state index is 9.68. The van der Waals surface area contributed by atoms with Crippen LogP contribution in [0.15, 0.2) is 30.3 Å². The molecule has 29 heavy (non-hydrogen) atoms. The summed E-state index contributed by atoms with van der Waals surface area (Å²) in [6.45, 7) is 3.21. The first-order chi connectivity index (χ1) is 14.2. The van der Waals surface area contributed by atoms with Crippen molar-refractivity contribution in [3.8, 4) is 6.07 Å². The molecule has 0 aliphatic carbocycles. The monoisotopic (exact) mass is 387 g/mol. The van der Waals surface area contributed by atoms with Crippen LogP contribution in [-0.4, -0.2) is 31.3 Å². The number of para-hydroxylation sites is 2. The number of benzene rings is 1. The fraction of sp³-hybridized carbons (Fsp3) is 0.333. The lowest BCUT2D eigenvalue weighted by Crippen LogP contribution is -2.23. The lowest BCUT2D eigenvalue weighted by Gasteiger charge is -2.25. The van der Waals surface area contributed by atoms with E-state index in [9.17, 15) is 5.26 Å². The highest BCUT2D eigenvalue weighted by molar-refractivity contribution is 5.85. The van der Waals surface area contributed by atoms with Crippen molar-refractivity contribution in [3.05, 3.63) is 53.1 Å². The zero-order valence-corrected chi connectivity index (χ0v) is 16.4. The highest BCUT2D eigenvalue weighted by Crippen LogP contribution is 2.31. The largest absolute Gasteiger partial charge is 0.377 e. The van der Waals surface area contributed by atoms with Crippen molar-refractivity contribution in [2.45, 2.75) is 39.0 Å². The maximum atomic E-state index is 9.68. The standard InChI is InChI=1S/C21H21N7O/c1-13-10-19(23-16-7-5-9-27-21(16)25-18(26-27)12-29-2)28-17-8-4-3-6-15(17)24-20(28)14(13)11-22/h3-4,6,8,10,16,23H,5,7,9,12H2,1-2H3. The molecule has 1 N–H and O–H groups in total. The van der Waals surface area contributed by atoms with E-state index in [-0.39, 0.29) is 6.04 Å². The number of anilines is 1. The molecular formula is C21H21N7O. The Morgan fingerprint density at radius 2 is 2.17 bits per heavy atom. The molecule has 8 nitrogen and oxygen atoms in total. The second-order valence-corrected chi connectivity index (χ2v) is 7.34. The van der Waals surface area contributed by atoms with Gasteiger partial charge < -0.3 is 10.1 Å². The van der Waals surface area contributed by atoms with E-state index in [4.69, 9.17) is 14.7 Å². The summed E-state index contributed by atoms with van der Waals surface area (Å²) in [7, 11) is 1.65. The molecule has 146 valence electrons. The van der Waals surface area contributed by atoms with E-state index in [1.165, 1.54) is 0 Å². The molecule has 0 amide bonds. The predicted molar refractivity (Wildman–Crippen MR) is 108 cm³/mol. The average molecular weight is 387 g/mol. The van der Waals surface area contributed by atoms with Crippen molar-refractivity contribution < 1.29 is 4.74 Å². The molecule has 1 atom stereocenters. The molecule has 0 fully saturated rings. The quantitative estimate of drug-likeness (QED) is 0.577. The number of methoxy groups -OCH3 is 1. The van der Waals surface area contributed by atoms with Gasteiger partial charge in [0.25, 0.3) is 0 Å². The van der Waals surface area contributed by atoms with Gasteiger partial charge >= 0.3 is 0 Å². The van der Waals surface area contributed by atoms with Crippen LogP contribution in [0.5, 0.6) is 0 Å². The van der Waals surface area contributed by atoms with Crippen LogP contribution in [-0.2, 0) is 17.9 Å². The smallest absolute Gasteiger partial charge is 0.176 e. The SMILES string of the molecule is COCc1nc2n(n1)CCCC2Nc1cc(C)c(C#N)c2nc3ccccc3n12. The Bertz CT molecular complexity index is 1260. The summed E-state index contributed by atoms with van der Waals surface area (Å²) in [5, 5.41) is 17.9. The van der Waals surface area contributed by atoms with E-state index in [2.05, 4.69) is 16.5 Å². The van der Waals surface area contributed by atoms with E-state index in [0.717, 1.165) is 47.6 Å². The average Bonchev–Trinajstić information content (AvgIpc) is 3.30.